The Bertz CT molecular complexity index is 201. The van der Waals surface area contributed by atoms with Crippen LogP contribution in [0.4, 0.5) is 0 Å². The Hall–Kier alpha value is -0.280. The van der Waals surface area contributed by atoms with E-state index in [2.05, 4.69) is 26.1 Å². The number of hydrogen-bond donors (Lipinski definition) is 2. The molecule has 0 radical (unpaired) electrons. The molecule has 4 heteroatoms. The maximum absolute atomic E-state index is 10.9. The summed E-state index contributed by atoms with van der Waals surface area (Å²) in [5, 5.41) is 12.1. The zero-order valence-electron chi connectivity index (χ0n) is 9.04. The molecule has 2 N–H and O–H groups in total. The Kier molecular flexibility index (Phi) is 4.89. The van der Waals surface area contributed by atoms with Crippen LogP contribution in [0.15, 0.2) is 0 Å². The summed E-state index contributed by atoms with van der Waals surface area (Å²) >= 11 is 0. The summed E-state index contributed by atoms with van der Waals surface area (Å²) in [4.78, 5) is 10.9. The lowest BCUT2D eigenvalue weighted by molar-refractivity contribution is -0.143. The molecule has 1 aliphatic heterocycles. The van der Waals surface area contributed by atoms with Gasteiger partial charge in [-0.05, 0) is 30.7 Å². The molecule has 0 amide bonds. The lowest BCUT2D eigenvalue weighted by Gasteiger charge is -2.38. The molecule has 14 heavy (non-hydrogen) atoms. The number of carbonyl (C=O) groups is 1. The fraction of sp³-hybridized carbons (Fsp3) is 0.900. The van der Waals surface area contributed by atoms with Crippen molar-refractivity contribution in [1.29, 1.82) is 0 Å². The van der Waals surface area contributed by atoms with Crippen molar-refractivity contribution < 1.29 is 9.90 Å². The molecule has 84 valence electrons. The van der Waals surface area contributed by atoms with Crippen molar-refractivity contribution >= 4 is 18.4 Å². The molecular weight excluding hydrogens is 202 g/mol. The minimum absolute atomic E-state index is 0. The SMILES string of the molecule is CC(C)(C)[C@H]1CCCN[C@H]1C(=O)O.Cl. The lowest BCUT2D eigenvalue weighted by Crippen LogP contribution is -2.51. The molecular formula is C10H20ClNO2. The van der Waals surface area contributed by atoms with Crippen molar-refractivity contribution in [3.8, 4) is 0 Å². The highest BCUT2D eigenvalue weighted by Gasteiger charge is 2.37. The van der Waals surface area contributed by atoms with Crippen molar-refractivity contribution in [3.63, 3.8) is 0 Å². The van der Waals surface area contributed by atoms with Gasteiger partial charge in [-0.25, -0.2) is 0 Å². The maximum atomic E-state index is 10.9. The quantitative estimate of drug-likeness (QED) is 0.711. The average Bonchev–Trinajstić information content (AvgIpc) is 2.03. The van der Waals surface area contributed by atoms with Crippen molar-refractivity contribution in [3.05, 3.63) is 0 Å². The summed E-state index contributed by atoms with van der Waals surface area (Å²) in [7, 11) is 0. The molecule has 1 rings (SSSR count). The normalized spacial score (nSPS) is 27.9. The molecule has 3 nitrogen and oxygen atoms in total. The minimum Gasteiger partial charge on any atom is -0.480 e. The van der Waals surface area contributed by atoms with Crippen LogP contribution >= 0.6 is 12.4 Å². The van der Waals surface area contributed by atoms with Gasteiger partial charge in [-0.3, -0.25) is 4.79 Å². The van der Waals surface area contributed by atoms with Gasteiger partial charge in [-0.15, -0.1) is 12.4 Å². The summed E-state index contributed by atoms with van der Waals surface area (Å²) in [5.41, 5.74) is 0.0798. The molecule has 1 saturated heterocycles. The Morgan fingerprint density at radius 1 is 1.43 bits per heavy atom. The highest BCUT2D eigenvalue weighted by molar-refractivity contribution is 5.85. The average molecular weight is 222 g/mol. The van der Waals surface area contributed by atoms with Gasteiger partial charge in [0.1, 0.15) is 6.04 Å². The highest BCUT2D eigenvalue weighted by Crippen LogP contribution is 2.34. The molecule has 0 aromatic heterocycles. The second-order valence-electron chi connectivity index (χ2n) is 4.88. The van der Waals surface area contributed by atoms with Gasteiger partial charge in [0.05, 0.1) is 0 Å². The summed E-state index contributed by atoms with van der Waals surface area (Å²) in [5.74, 6) is -0.460. The van der Waals surface area contributed by atoms with Crippen LogP contribution < -0.4 is 5.32 Å². The van der Waals surface area contributed by atoms with Gasteiger partial charge in [-0.1, -0.05) is 20.8 Å². The fourth-order valence-corrected chi connectivity index (χ4v) is 2.08. The van der Waals surface area contributed by atoms with E-state index in [1.165, 1.54) is 0 Å². The van der Waals surface area contributed by atoms with E-state index in [1.807, 2.05) is 0 Å². The van der Waals surface area contributed by atoms with Crippen LogP contribution in [0.3, 0.4) is 0 Å². The van der Waals surface area contributed by atoms with Crippen molar-refractivity contribution in [2.45, 2.75) is 39.7 Å². The summed E-state index contributed by atoms with van der Waals surface area (Å²) in [6.07, 6.45) is 2.11. The van der Waals surface area contributed by atoms with Gasteiger partial charge in [0.2, 0.25) is 0 Å². The Balaban J connectivity index is 0.00000169. The third-order valence-electron chi connectivity index (χ3n) is 2.84. The third-order valence-corrected chi connectivity index (χ3v) is 2.84. The first-order valence-corrected chi connectivity index (χ1v) is 4.89. The lowest BCUT2D eigenvalue weighted by atomic mass is 9.72. The zero-order chi connectivity index (χ0) is 10.1. The van der Waals surface area contributed by atoms with E-state index in [-0.39, 0.29) is 29.8 Å². The van der Waals surface area contributed by atoms with Crippen LogP contribution in [-0.4, -0.2) is 23.7 Å². The van der Waals surface area contributed by atoms with Crippen LogP contribution in [0.2, 0.25) is 0 Å². The number of carboxylic acid groups (broad SMARTS) is 1. The van der Waals surface area contributed by atoms with Gasteiger partial charge in [0.25, 0.3) is 0 Å². The second-order valence-corrected chi connectivity index (χ2v) is 4.88. The molecule has 1 fully saturated rings. The van der Waals surface area contributed by atoms with Gasteiger partial charge >= 0.3 is 5.97 Å². The first kappa shape index (κ1) is 13.7. The number of hydrogen-bond acceptors (Lipinski definition) is 2. The molecule has 1 aliphatic rings. The molecule has 0 unspecified atom stereocenters. The molecule has 2 atom stereocenters. The number of halogens is 1. The van der Waals surface area contributed by atoms with Crippen LogP contribution in [0.25, 0.3) is 0 Å². The number of nitrogens with one attached hydrogen (secondary N) is 1. The summed E-state index contributed by atoms with van der Waals surface area (Å²) in [6, 6.07) is -0.353. The van der Waals surface area contributed by atoms with Crippen LogP contribution in [0.1, 0.15) is 33.6 Å². The zero-order valence-corrected chi connectivity index (χ0v) is 9.86. The maximum Gasteiger partial charge on any atom is 0.321 e. The van der Waals surface area contributed by atoms with E-state index >= 15 is 0 Å². The van der Waals surface area contributed by atoms with Crippen LogP contribution in [-0.2, 0) is 4.79 Å². The largest absolute Gasteiger partial charge is 0.480 e. The fourth-order valence-electron chi connectivity index (χ4n) is 2.08. The summed E-state index contributed by atoms with van der Waals surface area (Å²) in [6.45, 7) is 7.17. The van der Waals surface area contributed by atoms with Gasteiger partial charge in [0, 0.05) is 0 Å². The van der Waals surface area contributed by atoms with Gasteiger partial charge < -0.3 is 10.4 Å². The van der Waals surface area contributed by atoms with E-state index in [0.717, 1.165) is 19.4 Å². The molecule has 0 aromatic rings. The van der Waals surface area contributed by atoms with E-state index in [4.69, 9.17) is 5.11 Å². The third kappa shape index (κ3) is 3.14. The van der Waals surface area contributed by atoms with Crippen LogP contribution in [0.5, 0.6) is 0 Å². The predicted molar refractivity (Wildman–Crippen MR) is 58.9 cm³/mol. The second kappa shape index (κ2) is 4.99. The van der Waals surface area contributed by atoms with Crippen LogP contribution in [0, 0.1) is 11.3 Å². The minimum atomic E-state index is -0.709. The van der Waals surface area contributed by atoms with E-state index in [0.29, 0.717) is 0 Å². The van der Waals surface area contributed by atoms with Crippen molar-refractivity contribution in [1.82, 2.24) is 5.32 Å². The molecule has 0 spiro atoms. The molecule has 0 bridgehead atoms. The molecule has 1 heterocycles. The van der Waals surface area contributed by atoms with Crippen molar-refractivity contribution in [2.75, 3.05) is 6.54 Å². The van der Waals surface area contributed by atoms with Gasteiger partial charge in [0.15, 0.2) is 0 Å². The Morgan fingerprint density at radius 2 is 2.00 bits per heavy atom. The standard InChI is InChI=1S/C10H19NO2.ClH/c1-10(2,3)7-5-4-6-11-8(7)9(12)13;/h7-8,11H,4-6H2,1-3H3,(H,12,13);1H/t7-,8+;/m0./s1. The number of rotatable bonds is 1. The van der Waals surface area contributed by atoms with E-state index < -0.39 is 5.97 Å². The number of aliphatic carboxylic acids is 1. The topological polar surface area (TPSA) is 49.3 Å². The first-order chi connectivity index (χ1) is 5.93. The van der Waals surface area contributed by atoms with E-state index in [1.54, 1.807) is 0 Å². The first-order valence-electron chi connectivity index (χ1n) is 4.89. The highest BCUT2D eigenvalue weighted by atomic mass is 35.5. The van der Waals surface area contributed by atoms with Gasteiger partial charge in [-0.2, -0.15) is 0 Å². The monoisotopic (exact) mass is 221 g/mol. The van der Waals surface area contributed by atoms with E-state index in [9.17, 15) is 4.79 Å². The molecule has 0 aliphatic carbocycles. The number of piperidine rings is 1. The smallest absolute Gasteiger partial charge is 0.321 e. The predicted octanol–water partition coefficient (Wildman–Crippen LogP) is 1.91. The Morgan fingerprint density at radius 3 is 2.36 bits per heavy atom. The molecule has 0 aromatic carbocycles. The van der Waals surface area contributed by atoms with Crippen molar-refractivity contribution in [2.24, 2.45) is 11.3 Å². The Labute approximate surface area is 91.7 Å². The summed E-state index contributed by atoms with van der Waals surface area (Å²) < 4.78 is 0. The molecule has 0 saturated carbocycles. The number of carboxylic acids is 1.